The molecule has 2 unspecified atom stereocenters. The Morgan fingerprint density at radius 1 is 1.47 bits per heavy atom. The molecule has 1 amide bonds. The molecule has 0 aromatic heterocycles. The second kappa shape index (κ2) is 6.21. The number of allylic oxidation sites excluding steroid dienone is 1. The second-order valence-corrected chi connectivity index (χ2v) is 5.62. The standard InChI is InChI=1S/C12H23NOS/c1-6-7-9(2)11(14)13-12(4,5)8-10(3)15/h6-7,9-10,15H,8H2,1-5H3,(H,13,14). The van der Waals surface area contributed by atoms with Gasteiger partial charge in [0.2, 0.25) is 5.91 Å². The summed E-state index contributed by atoms with van der Waals surface area (Å²) in [5.74, 6) is 0.0107. The van der Waals surface area contributed by atoms with Gasteiger partial charge in [0.1, 0.15) is 0 Å². The molecule has 15 heavy (non-hydrogen) atoms. The normalized spacial score (nSPS) is 16.4. The average molecular weight is 229 g/mol. The topological polar surface area (TPSA) is 29.1 Å². The van der Waals surface area contributed by atoms with Crippen LogP contribution >= 0.6 is 12.6 Å². The van der Waals surface area contributed by atoms with Crippen molar-refractivity contribution in [1.29, 1.82) is 0 Å². The van der Waals surface area contributed by atoms with Gasteiger partial charge in [-0.3, -0.25) is 4.79 Å². The van der Waals surface area contributed by atoms with Crippen LogP contribution in [0.5, 0.6) is 0 Å². The molecule has 88 valence electrons. The number of hydrogen-bond donors (Lipinski definition) is 2. The van der Waals surface area contributed by atoms with Crippen molar-refractivity contribution >= 4 is 18.5 Å². The number of amides is 1. The van der Waals surface area contributed by atoms with E-state index in [9.17, 15) is 4.79 Å². The fourth-order valence-corrected chi connectivity index (χ4v) is 2.07. The number of rotatable bonds is 5. The zero-order valence-electron chi connectivity index (χ0n) is 10.4. The maximum absolute atomic E-state index is 11.7. The molecular formula is C12H23NOS. The van der Waals surface area contributed by atoms with Crippen LogP contribution in [-0.4, -0.2) is 16.7 Å². The third kappa shape index (κ3) is 6.61. The van der Waals surface area contributed by atoms with E-state index in [2.05, 4.69) is 17.9 Å². The molecule has 0 bridgehead atoms. The summed E-state index contributed by atoms with van der Waals surface area (Å²) in [6, 6.07) is 0. The van der Waals surface area contributed by atoms with Crippen molar-refractivity contribution in [2.75, 3.05) is 0 Å². The van der Waals surface area contributed by atoms with Gasteiger partial charge in [-0.05, 0) is 27.2 Å². The number of hydrogen-bond acceptors (Lipinski definition) is 2. The number of nitrogens with one attached hydrogen (secondary N) is 1. The van der Waals surface area contributed by atoms with Gasteiger partial charge in [-0.2, -0.15) is 12.6 Å². The largest absolute Gasteiger partial charge is 0.351 e. The Kier molecular flexibility index (Phi) is 6.03. The van der Waals surface area contributed by atoms with Crippen LogP contribution in [0.15, 0.2) is 12.2 Å². The van der Waals surface area contributed by atoms with E-state index in [1.54, 1.807) is 0 Å². The predicted octanol–water partition coefficient (Wildman–Crippen LogP) is 2.80. The van der Waals surface area contributed by atoms with Crippen molar-refractivity contribution < 1.29 is 4.79 Å². The van der Waals surface area contributed by atoms with Gasteiger partial charge in [-0.1, -0.05) is 26.0 Å². The average Bonchev–Trinajstić information content (AvgIpc) is 2.00. The van der Waals surface area contributed by atoms with E-state index in [0.717, 1.165) is 6.42 Å². The summed E-state index contributed by atoms with van der Waals surface area (Å²) in [4.78, 5) is 11.7. The molecule has 0 rings (SSSR count). The summed E-state index contributed by atoms with van der Waals surface area (Å²) in [6.45, 7) is 9.91. The SMILES string of the molecule is CC=CC(C)C(=O)NC(C)(C)CC(C)S. The lowest BCUT2D eigenvalue weighted by atomic mass is 9.97. The van der Waals surface area contributed by atoms with E-state index in [0.29, 0.717) is 0 Å². The van der Waals surface area contributed by atoms with Crippen LogP contribution in [0.4, 0.5) is 0 Å². The number of carbonyl (C=O) groups excluding carboxylic acids is 1. The van der Waals surface area contributed by atoms with Crippen LogP contribution in [0, 0.1) is 5.92 Å². The molecule has 0 aromatic rings. The van der Waals surface area contributed by atoms with Crippen molar-refractivity contribution in [3.63, 3.8) is 0 Å². The Bertz CT molecular complexity index is 234. The van der Waals surface area contributed by atoms with Crippen molar-refractivity contribution in [3.05, 3.63) is 12.2 Å². The van der Waals surface area contributed by atoms with Gasteiger partial charge < -0.3 is 5.32 Å². The highest BCUT2D eigenvalue weighted by molar-refractivity contribution is 7.80. The first kappa shape index (κ1) is 14.6. The fourth-order valence-electron chi connectivity index (χ4n) is 1.61. The molecule has 0 aliphatic rings. The first-order valence-corrected chi connectivity index (χ1v) is 5.93. The lowest BCUT2D eigenvalue weighted by molar-refractivity contribution is -0.124. The predicted molar refractivity (Wildman–Crippen MR) is 69.3 cm³/mol. The van der Waals surface area contributed by atoms with Crippen molar-refractivity contribution in [1.82, 2.24) is 5.32 Å². The molecular weight excluding hydrogens is 206 g/mol. The van der Waals surface area contributed by atoms with Gasteiger partial charge in [0.05, 0.1) is 5.92 Å². The van der Waals surface area contributed by atoms with Crippen molar-refractivity contribution in [2.24, 2.45) is 5.92 Å². The van der Waals surface area contributed by atoms with Gasteiger partial charge >= 0.3 is 0 Å². The summed E-state index contributed by atoms with van der Waals surface area (Å²) < 4.78 is 0. The Hall–Kier alpha value is -0.440. The summed E-state index contributed by atoms with van der Waals surface area (Å²) in [6.07, 6.45) is 4.67. The molecule has 2 atom stereocenters. The molecule has 0 spiro atoms. The van der Waals surface area contributed by atoms with E-state index < -0.39 is 0 Å². The van der Waals surface area contributed by atoms with Crippen LogP contribution in [0.3, 0.4) is 0 Å². The fraction of sp³-hybridized carbons (Fsp3) is 0.750. The Labute approximate surface area is 98.9 Å². The van der Waals surface area contributed by atoms with Gasteiger partial charge in [0.25, 0.3) is 0 Å². The van der Waals surface area contributed by atoms with E-state index in [1.165, 1.54) is 0 Å². The first-order chi connectivity index (χ1) is 6.78. The highest BCUT2D eigenvalue weighted by atomic mass is 32.1. The second-order valence-electron chi connectivity index (χ2n) is 4.74. The lowest BCUT2D eigenvalue weighted by Gasteiger charge is -2.28. The zero-order valence-corrected chi connectivity index (χ0v) is 11.3. The molecule has 1 N–H and O–H groups in total. The van der Waals surface area contributed by atoms with Crippen molar-refractivity contribution in [3.8, 4) is 0 Å². The minimum Gasteiger partial charge on any atom is -0.351 e. The van der Waals surface area contributed by atoms with Gasteiger partial charge in [-0.25, -0.2) is 0 Å². The third-order valence-corrected chi connectivity index (χ3v) is 2.34. The maximum Gasteiger partial charge on any atom is 0.227 e. The van der Waals surface area contributed by atoms with Crippen LogP contribution in [-0.2, 0) is 4.79 Å². The molecule has 0 heterocycles. The van der Waals surface area contributed by atoms with Crippen LogP contribution in [0.2, 0.25) is 0 Å². The van der Waals surface area contributed by atoms with Crippen LogP contribution < -0.4 is 5.32 Å². The Balaban J connectivity index is 4.26. The smallest absolute Gasteiger partial charge is 0.227 e. The quantitative estimate of drug-likeness (QED) is 0.551. The third-order valence-electron chi connectivity index (χ3n) is 2.16. The lowest BCUT2D eigenvalue weighted by Crippen LogP contribution is -2.46. The molecule has 0 aliphatic carbocycles. The molecule has 0 saturated carbocycles. The van der Waals surface area contributed by atoms with Crippen molar-refractivity contribution in [2.45, 2.75) is 51.8 Å². The summed E-state index contributed by atoms with van der Waals surface area (Å²) in [5, 5.41) is 3.32. The van der Waals surface area contributed by atoms with Crippen LogP contribution in [0.25, 0.3) is 0 Å². The summed E-state index contributed by atoms with van der Waals surface area (Å²) in [5.41, 5.74) is -0.186. The van der Waals surface area contributed by atoms with E-state index in [1.807, 2.05) is 46.8 Å². The molecule has 2 nitrogen and oxygen atoms in total. The molecule has 0 saturated heterocycles. The minimum absolute atomic E-state index is 0.0653. The Morgan fingerprint density at radius 3 is 2.40 bits per heavy atom. The maximum atomic E-state index is 11.7. The van der Waals surface area contributed by atoms with Gasteiger partial charge in [0, 0.05) is 10.8 Å². The number of thiol groups is 1. The molecule has 0 fully saturated rings. The number of carbonyl (C=O) groups is 1. The van der Waals surface area contributed by atoms with Crippen LogP contribution in [0.1, 0.15) is 41.0 Å². The highest BCUT2D eigenvalue weighted by Crippen LogP contribution is 2.15. The minimum atomic E-state index is -0.186. The van der Waals surface area contributed by atoms with E-state index in [4.69, 9.17) is 0 Å². The first-order valence-electron chi connectivity index (χ1n) is 5.41. The monoisotopic (exact) mass is 229 g/mol. The van der Waals surface area contributed by atoms with Gasteiger partial charge in [0.15, 0.2) is 0 Å². The molecule has 0 aliphatic heterocycles. The van der Waals surface area contributed by atoms with Gasteiger partial charge in [-0.15, -0.1) is 0 Å². The summed E-state index contributed by atoms with van der Waals surface area (Å²) in [7, 11) is 0. The Morgan fingerprint density at radius 2 is 2.00 bits per heavy atom. The molecule has 3 heteroatoms. The molecule has 0 aromatic carbocycles. The summed E-state index contributed by atoms with van der Waals surface area (Å²) >= 11 is 4.34. The van der Waals surface area contributed by atoms with E-state index in [-0.39, 0.29) is 22.6 Å². The highest BCUT2D eigenvalue weighted by Gasteiger charge is 2.23. The molecule has 0 radical (unpaired) electrons. The zero-order chi connectivity index (χ0) is 12.1. The van der Waals surface area contributed by atoms with E-state index >= 15 is 0 Å².